The van der Waals surface area contributed by atoms with Gasteiger partial charge in [0.1, 0.15) is 0 Å². The molecular formula is C13H18N2O2S. The second-order valence-corrected chi connectivity index (χ2v) is 5.27. The monoisotopic (exact) mass is 266 g/mol. The molecule has 1 atom stereocenters. The van der Waals surface area contributed by atoms with Crippen LogP contribution >= 0.6 is 11.8 Å². The zero-order chi connectivity index (χ0) is 13.5. The van der Waals surface area contributed by atoms with Gasteiger partial charge in [0.05, 0.1) is 5.25 Å². The lowest BCUT2D eigenvalue weighted by atomic mass is 10.3. The molecule has 0 aliphatic heterocycles. The van der Waals surface area contributed by atoms with Gasteiger partial charge in [0.2, 0.25) is 11.8 Å². The smallest absolute Gasteiger partial charge is 0.233 e. The van der Waals surface area contributed by atoms with Crippen molar-refractivity contribution in [3.63, 3.8) is 0 Å². The summed E-state index contributed by atoms with van der Waals surface area (Å²) in [6, 6.07) is 7.44. The molecule has 1 rings (SSSR count). The lowest BCUT2D eigenvalue weighted by Crippen LogP contribution is -2.30. The molecule has 0 bridgehead atoms. The minimum Gasteiger partial charge on any atom is -0.355 e. The first-order valence-corrected chi connectivity index (χ1v) is 6.73. The number of amides is 2. The van der Waals surface area contributed by atoms with E-state index < -0.39 is 0 Å². The molecule has 0 unspecified atom stereocenters. The van der Waals surface area contributed by atoms with E-state index in [1.165, 1.54) is 18.7 Å². The average Bonchev–Trinajstić information content (AvgIpc) is 2.31. The molecule has 0 saturated heterocycles. The van der Waals surface area contributed by atoms with Crippen molar-refractivity contribution in [2.24, 2.45) is 0 Å². The highest BCUT2D eigenvalue weighted by Gasteiger charge is 2.12. The van der Waals surface area contributed by atoms with Crippen LogP contribution in [0.25, 0.3) is 0 Å². The van der Waals surface area contributed by atoms with Gasteiger partial charge >= 0.3 is 0 Å². The fourth-order valence-corrected chi connectivity index (χ4v) is 2.29. The molecule has 5 heteroatoms. The van der Waals surface area contributed by atoms with E-state index in [4.69, 9.17) is 0 Å². The minimum absolute atomic E-state index is 0.0356. The number of thioether (sulfide) groups is 1. The van der Waals surface area contributed by atoms with E-state index in [0.717, 1.165) is 10.6 Å². The molecule has 0 spiro atoms. The maximum absolute atomic E-state index is 11.6. The van der Waals surface area contributed by atoms with Crippen LogP contribution in [0.5, 0.6) is 0 Å². The highest BCUT2D eigenvalue weighted by molar-refractivity contribution is 8.00. The minimum atomic E-state index is -0.128. The molecule has 98 valence electrons. The van der Waals surface area contributed by atoms with Gasteiger partial charge in [-0.3, -0.25) is 9.59 Å². The third-order valence-corrected chi connectivity index (χ3v) is 3.32. The third kappa shape index (κ3) is 4.79. The summed E-state index contributed by atoms with van der Waals surface area (Å²) in [5.41, 5.74) is 0.762. The van der Waals surface area contributed by atoms with Crippen molar-refractivity contribution >= 4 is 29.3 Å². The maximum atomic E-state index is 11.6. The quantitative estimate of drug-likeness (QED) is 0.804. The second kappa shape index (κ2) is 7.06. The van der Waals surface area contributed by atoms with E-state index in [-0.39, 0.29) is 17.1 Å². The molecule has 2 N–H and O–H groups in total. The highest BCUT2D eigenvalue weighted by atomic mass is 32.2. The van der Waals surface area contributed by atoms with Crippen LogP contribution in [0.4, 0.5) is 5.69 Å². The summed E-state index contributed by atoms with van der Waals surface area (Å²) in [5.74, 6) is -0.0560. The third-order valence-electron chi connectivity index (χ3n) is 2.21. The Bertz CT molecular complexity index is 418. The molecule has 0 saturated carbocycles. The van der Waals surface area contributed by atoms with Gasteiger partial charge < -0.3 is 10.6 Å². The summed E-state index contributed by atoms with van der Waals surface area (Å²) in [6.45, 7) is 5.89. The van der Waals surface area contributed by atoms with Crippen LogP contribution < -0.4 is 10.6 Å². The van der Waals surface area contributed by atoms with Crippen LogP contribution in [0.1, 0.15) is 20.8 Å². The van der Waals surface area contributed by atoms with Crippen LogP contribution in [-0.4, -0.2) is 23.6 Å². The number of benzene rings is 1. The number of anilines is 1. The molecule has 0 fully saturated rings. The Kier molecular flexibility index (Phi) is 5.71. The predicted molar refractivity (Wildman–Crippen MR) is 74.7 cm³/mol. The van der Waals surface area contributed by atoms with Crippen LogP contribution in [0.2, 0.25) is 0 Å². The largest absolute Gasteiger partial charge is 0.355 e. The van der Waals surface area contributed by atoms with Crippen LogP contribution in [0, 0.1) is 0 Å². The van der Waals surface area contributed by atoms with Crippen molar-refractivity contribution in [3.8, 4) is 0 Å². The van der Waals surface area contributed by atoms with Crippen molar-refractivity contribution < 1.29 is 9.59 Å². The van der Waals surface area contributed by atoms with E-state index in [2.05, 4.69) is 10.6 Å². The molecule has 0 radical (unpaired) electrons. The summed E-state index contributed by atoms with van der Waals surface area (Å²) < 4.78 is 0. The Morgan fingerprint density at radius 3 is 2.39 bits per heavy atom. The molecule has 0 aliphatic carbocycles. The normalized spacial score (nSPS) is 11.7. The van der Waals surface area contributed by atoms with Gasteiger partial charge in [0.15, 0.2) is 0 Å². The van der Waals surface area contributed by atoms with Gasteiger partial charge in [-0.25, -0.2) is 0 Å². The number of carbonyl (C=O) groups is 2. The van der Waals surface area contributed by atoms with Gasteiger partial charge in [-0.1, -0.05) is 0 Å². The van der Waals surface area contributed by atoms with E-state index >= 15 is 0 Å². The van der Waals surface area contributed by atoms with E-state index in [1.807, 2.05) is 38.1 Å². The lowest BCUT2D eigenvalue weighted by Gasteiger charge is -2.11. The lowest BCUT2D eigenvalue weighted by molar-refractivity contribution is -0.120. The first-order valence-electron chi connectivity index (χ1n) is 5.85. The number of hydrogen-bond acceptors (Lipinski definition) is 3. The van der Waals surface area contributed by atoms with Gasteiger partial charge in [0.25, 0.3) is 0 Å². The van der Waals surface area contributed by atoms with Gasteiger partial charge in [-0.2, -0.15) is 0 Å². The molecule has 1 aromatic carbocycles. The van der Waals surface area contributed by atoms with Crippen LogP contribution in [0.15, 0.2) is 29.2 Å². The standard InChI is InChI=1S/C13H18N2O2S/c1-4-14-13(17)9(2)18-12-7-5-11(6-8-12)15-10(3)16/h5-9H,4H2,1-3H3,(H,14,17)(H,15,16)/t9-/m1/s1. The van der Waals surface area contributed by atoms with E-state index in [9.17, 15) is 9.59 Å². The van der Waals surface area contributed by atoms with E-state index in [1.54, 1.807) is 0 Å². The number of rotatable bonds is 5. The highest BCUT2D eigenvalue weighted by Crippen LogP contribution is 2.24. The van der Waals surface area contributed by atoms with Crippen molar-refractivity contribution in [1.82, 2.24) is 5.32 Å². The molecule has 2 amide bonds. The van der Waals surface area contributed by atoms with Crippen LogP contribution in [0.3, 0.4) is 0 Å². The van der Waals surface area contributed by atoms with Crippen molar-refractivity contribution in [3.05, 3.63) is 24.3 Å². The summed E-state index contributed by atoms with van der Waals surface area (Å²) in [6.07, 6.45) is 0. The van der Waals surface area contributed by atoms with Crippen molar-refractivity contribution in [1.29, 1.82) is 0 Å². The summed E-state index contributed by atoms with van der Waals surface area (Å²) in [5, 5.41) is 5.36. The SMILES string of the molecule is CCNC(=O)[C@@H](C)Sc1ccc(NC(C)=O)cc1. The number of hydrogen-bond donors (Lipinski definition) is 2. The topological polar surface area (TPSA) is 58.2 Å². The average molecular weight is 266 g/mol. The van der Waals surface area contributed by atoms with Gasteiger partial charge in [-0.05, 0) is 38.1 Å². The van der Waals surface area contributed by atoms with Crippen molar-refractivity contribution in [2.75, 3.05) is 11.9 Å². The summed E-state index contributed by atoms with van der Waals surface area (Å²) in [7, 11) is 0. The summed E-state index contributed by atoms with van der Waals surface area (Å²) >= 11 is 1.49. The first-order chi connectivity index (χ1) is 8.52. The van der Waals surface area contributed by atoms with Gasteiger partial charge in [-0.15, -0.1) is 11.8 Å². The molecular weight excluding hydrogens is 248 g/mol. The Morgan fingerprint density at radius 1 is 1.28 bits per heavy atom. The molecule has 0 aliphatic rings. The molecule has 1 aromatic rings. The maximum Gasteiger partial charge on any atom is 0.233 e. The molecule has 4 nitrogen and oxygen atoms in total. The second-order valence-electron chi connectivity index (χ2n) is 3.86. The predicted octanol–water partition coefficient (Wildman–Crippen LogP) is 2.26. The van der Waals surface area contributed by atoms with Crippen LogP contribution in [-0.2, 0) is 9.59 Å². The first kappa shape index (κ1) is 14.6. The summed E-state index contributed by atoms with van der Waals surface area (Å²) in [4.78, 5) is 23.4. The van der Waals surface area contributed by atoms with Crippen molar-refractivity contribution in [2.45, 2.75) is 30.9 Å². The van der Waals surface area contributed by atoms with Gasteiger partial charge in [0, 0.05) is 24.1 Å². The fraction of sp³-hybridized carbons (Fsp3) is 0.385. The molecule has 0 heterocycles. The molecule has 18 heavy (non-hydrogen) atoms. The molecule has 0 aromatic heterocycles. The Balaban J connectivity index is 2.58. The Hall–Kier alpha value is -1.49. The Morgan fingerprint density at radius 2 is 1.89 bits per heavy atom. The number of nitrogens with one attached hydrogen (secondary N) is 2. The Labute approximate surface area is 112 Å². The fourth-order valence-electron chi connectivity index (χ4n) is 1.40. The number of carbonyl (C=O) groups excluding carboxylic acids is 2. The zero-order valence-corrected chi connectivity index (χ0v) is 11.6. The van der Waals surface area contributed by atoms with E-state index in [0.29, 0.717) is 6.54 Å². The zero-order valence-electron chi connectivity index (χ0n) is 10.8.